The molecule has 0 bridgehead atoms. The smallest absolute Gasteiger partial charge is 0.242 e. The normalized spacial score (nSPS) is 23.6. The van der Waals surface area contributed by atoms with Crippen LogP contribution in [0.1, 0.15) is 20.3 Å². The number of ether oxygens (including phenoxy) is 1. The fraction of sp³-hybridized carbons (Fsp3) is 0.600. The lowest BCUT2D eigenvalue weighted by Gasteiger charge is -2.10. The van der Waals surface area contributed by atoms with Gasteiger partial charge in [0.2, 0.25) is 5.88 Å². The molecule has 82 valence electrons. The summed E-state index contributed by atoms with van der Waals surface area (Å²) in [4.78, 5) is 8.09. The van der Waals surface area contributed by atoms with Gasteiger partial charge in [0.1, 0.15) is 12.0 Å². The van der Waals surface area contributed by atoms with Gasteiger partial charge < -0.3 is 15.8 Å². The largest absolute Gasteiger partial charge is 0.476 e. The van der Waals surface area contributed by atoms with Crippen LogP contribution in [0.5, 0.6) is 5.88 Å². The van der Waals surface area contributed by atoms with Crippen molar-refractivity contribution < 1.29 is 4.74 Å². The van der Waals surface area contributed by atoms with Gasteiger partial charge in [0.25, 0.3) is 0 Å². The molecule has 1 aromatic heterocycles. The van der Waals surface area contributed by atoms with Crippen molar-refractivity contribution >= 4 is 11.5 Å². The van der Waals surface area contributed by atoms with Gasteiger partial charge in [0.05, 0.1) is 6.61 Å². The van der Waals surface area contributed by atoms with Gasteiger partial charge in [-0.15, -0.1) is 0 Å². The van der Waals surface area contributed by atoms with E-state index in [2.05, 4.69) is 22.2 Å². The van der Waals surface area contributed by atoms with E-state index in [1.807, 2.05) is 6.92 Å². The zero-order valence-electron chi connectivity index (χ0n) is 9.03. The van der Waals surface area contributed by atoms with Crippen molar-refractivity contribution in [2.75, 3.05) is 17.7 Å². The first-order valence-electron chi connectivity index (χ1n) is 5.22. The number of nitrogens with one attached hydrogen (secondary N) is 1. The molecule has 0 aromatic carbocycles. The van der Waals surface area contributed by atoms with E-state index in [1.165, 1.54) is 12.7 Å². The molecule has 5 nitrogen and oxygen atoms in total. The van der Waals surface area contributed by atoms with E-state index in [0.717, 1.165) is 0 Å². The molecule has 5 heteroatoms. The van der Waals surface area contributed by atoms with Crippen molar-refractivity contribution in [3.8, 4) is 5.88 Å². The van der Waals surface area contributed by atoms with Crippen molar-refractivity contribution in [2.45, 2.75) is 26.3 Å². The maximum atomic E-state index is 5.88. The first-order chi connectivity index (χ1) is 7.22. The molecule has 3 N–H and O–H groups in total. The van der Waals surface area contributed by atoms with E-state index in [4.69, 9.17) is 10.5 Å². The Morgan fingerprint density at radius 3 is 2.93 bits per heavy atom. The van der Waals surface area contributed by atoms with Gasteiger partial charge in [0.15, 0.2) is 5.82 Å². The Labute approximate surface area is 89.1 Å². The molecule has 1 aromatic rings. The molecule has 1 saturated carbocycles. The van der Waals surface area contributed by atoms with Crippen LogP contribution in [-0.4, -0.2) is 22.6 Å². The van der Waals surface area contributed by atoms with Gasteiger partial charge in [-0.2, -0.15) is 4.98 Å². The molecule has 1 fully saturated rings. The molecule has 1 aliphatic rings. The van der Waals surface area contributed by atoms with Crippen LogP contribution in [0, 0.1) is 5.92 Å². The van der Waals surface area contributed by atoms with Gasteiger partial charge in [-0.3, -0.25) is 0 Å². The fourth-order valence-corrected chi connectivity index (χ4v) is 1.44. The van der Waals surface area contributed by atoms with E-state index < -0.39 is 0 Å². The number of nitrogens with two attached hydrogens (primary N) is 1. The van der Waals surface area contributed by atoms with Crippen molar-refractivity contribution in [1.29, 1.82) is 0 Å². The third-order valence-corrected chi connectivity index (χ3v) is 2.56. The Balaban J connectivity index is 2.12. The third-order valence-electron chi connectivity index (χ3n) is 2.56. The Bertz CT molecular complexity index is 355. The van der Waals surface area contributed by atoms with Crippen molar-refractivity contribution in [3.05, 3.63) is 6.33 Å². The number of anilines is 2. The van der Waals surface area contributed by atoms with E-state index in [1.54, 1.807) is 0 Å². The SMILES string of the molecule is CCOc1ncnc(NC2CC2C)c1N. The predicted molar refractivity (Wildman–Crippen MR) is 58.8 cm³/mol. The van der Waals surface area contributed by atoms with E-state index in [9.17, 15) is 0 Å². The minimum Gasteiger partial charge on any atom is -0.476 e. The molecule has 1 heterocycles. The summed E-state index contributed by atoms with van der Waals surface area (Å²) in [5.41, 5.74) is 6.38. The van der Waals surface area contributed by atoms with Crippen LogP contribution in [-0.2, 0) is 0 Å². The monoisotopic (exact) mass is 208 g/mol. The molecule has 2 unspecified atom stereocenters. The van der Waals surface area contributed by atoms with Gasteiger partial charge in [-0.25, -0.2) is 4.98 Å². The fourth-order valence-electron chi connectivity index (χ4n) is 1.44. The summed E-state index contributed by atoms with van der Waals surface area (Å²) in [5.74, 6) is 1.85. The minimum atomic E-state index is 0.461. The van der Waals surface area contributed by atoms with Crippen LogP contribution in [0.25, 0.3) is 0 Å². The highest BCUT2D eigenvalue weighted by atomic mass is 16.5. The average Bonchev–Trinajstić information content (AvgIpc) is 2.89. The minimum absolute atomic E-state index is 0.461. The topological polar surface area (TPSA) is 73.1 Å². The standard InChI is InChI=1S/C10H16N4O/c1-3-15-10-8(11)9(12-5-13-10)14-7-4-6(7)2/h5-7H,3-4,11H2,1-2H3,(H,12,13,14). The number of nitrogen functional groups attached to an aromatic ring is 1. The van der Waals surface area contributed by atoms with Crippen LogP contribution in [0.3, 0.4) is 0 Å². The highest BCUT2D eigenvalue weighted by Gasteiger charge is 2.33. The van der Waals surface area contributed by atoms with Gasteiger partial charge >= 0.3 is 0 Å². The first kappa shape index (κ1) is 10.0. The lowest BCUT2D eigenvalue weighted by atomic mass is 10.4. The molecule has 15 heavy (non-hydrogen) atoms. The van der Waals surface area contributed by atoms with Crippen LogP contribution in [0.15, 0.2) is 6.33 Å². The molecule has 0 aliphatic heterocycles. The quantitative estimate of drug-likeness (QED) is 0.779. The Hall–Kier alpha value is -1.52. The van der Waals surface area contributed by atoms with Gasteiger partial charge in [-0.05, 0) is 19.3 Å². The van der Waals surface area contributed by atoms with E-state index >= 15 is 0 Å². The molecule has 0 saturated heterocycles. The van der Waals surface area contributed by atoms with E-state index in [-0.39, 0.29) is 0 Å². The van der Waals surface area contributed by atoms with Crippen LogP contribution in [0.4, 0.5) is 11.5 Å². The third kappa shape index (κ3) is 2.11. The Morgan fingerprint density at radius 1 is 1.60 bits per heavy atom. The highest BCUT2D eigenvalue weighted by Crippen LogP contribution is 2.34. The van der Waals surface area contributed by atoms with Crippen molar-refractivity contribution in [3.63, 3.8) is 0 Å². The molecule has 2 rings (SSSR count). The van der Waals surface area contributed by atoms with Crippen LogP contribution >= 0.6 is 0 Å². The van der Waals surface area contributed by atoms with E-state index in [0.29, 0.717) is 36.0 Å². The molecule has 0 spiro atoms. The number of hydrogen-bond acceptors (Lipinski definition) is 5. The second-order valence-corrected chi connectivity index (χ2v) is 3.84. The van der Waals surface area contributed by atoms with Crippen LogP contribution < -0.4 is 15.8 Å². The Kier molecular flexibility index (Phi) is 2.62. The maximum Gasteiger partial charge on any atom is 0.242 e. The molecule has 2 atom stereocenters. The van der Waals surface area contributed by atoms with Gasteiger partial charge in [-0.1, -0.05) is 6.92 Å². The summed E-state index contributed by atoms with van der Waals surface area (Å²) >= 11 is 0. The summed E-state index contributed by atoms with van der Waals surface area (Å²) in [7, 11) is 0. The average molecular weight is 208 g/mol. The second-order valence-electron chi connectivity index (χ2n) is 3.84. The number of hydrogen-bond donors (Lipinski definition) is 2. The van der Waals surface area contributed by atoms with Crippen molar-refractivity contribution in [1.82, 2.24) is 9.97 Å². The van der Waals surface area contributed by atoms with Crippen molar-refractivity contribution in [2.24, 2.45) is 5.92 Å². The number of rotatable bonds is 4. The number of aromatic nitrogens is 2. The first-order valence-corrected chi connectivity index (χ1v) is 5.22. The lowest BCUT2D eigenvalue weighted by Crippen LogP contribution is -2.10. The predicted octanol–water partition coefficient (Wildman–Crippen LogP) is 1.28. The summed E-state index contributed by atoms with van der Waals surface area (Å²) < 4.78 is 5.29. The van der Waals surface area contributed by atoms with Crippen LogP contribution in [0.2, 0.25) is 0 Å². The Morgan fingerprint density at radius 2 is 2.33 bits per heavy atom. The molecule has 0 radical (unpaired) electrons. The zero-order valence-corrected chi connectivity index (χ0v) is 9.03. The van der Waals surface area contributed by atoms with Gasteiger partial charge in [0, 0.05) is 6.04 Å². The molecular weight excluding hydrogens is 192 g/mol. The summed E-state index contributed by atoms with van der Waals surface area (Å²) in [6, 6.07) is 0.497. The lowest BCUT2D eigenvalue weighted by molar-refractivity contribution is 0.328. The second kappa shape index (κ2) is 3.92. The molecule has 1 aliphatic carbocycles. The zero-order chi connectivity index (χ0) is 10.8. The molecule has 0 amide bonds. The summed E-state index contributed by atoms with van der Waals surface area (Å²) in [6.07, 6.45) is 2.64. The maximum absolute atomic E-state index is 5.88. The number of nitrogens with zero attached hydrogens (tertiary/aromatic N) is 2. The highest BCUT2D eigenvalue weighted by molar-refractivity contribution is 5.67. The summed E-state index contributed by atoms with van der Waals surface area (Å²) in [5, 5.41) is 3.28. The summed E-state index contributed by atoms with van der Waals surface area (Å²) in [6.45, 7) is 4.65. The molecular formula is C10H16N4O.